The molecule has 0 aliphatic carbocycles. The van der Waals surface area contributed by atoms with Crippen molar-refractivity contribution < 1.29 is 14.6 Å². The second-order valence-corrected chi connectivity index (χ2v) is 6.80. The van der Waals surface area contributed by atoms with E-state index in [0.29, 0.717) is 13.2 Å². The molecule has 0 saturated carbocycles. The Morgan fingerprint density at radius 2 is 1.78 bits per heavy atom. The first-order valence-corrected chi connectivity index (χ1v) is 9.91. The van der Waals surface area contributed by atoms with Crippen molar-refractivity contribution in [1.82, 2.24) is 10.2 Å². The molecule has 2 N–H and O–H groups in total. The number of aliphatic hydroxyl groups is 1. The lowest BCUT2D eigenvalue weighted by Gasteiger charge is -2.30. The molecule has 0 amide bonds. The normalized spacial score (nSPS) is 12.0. The molecule has 6 heteroatoms. The van der Waals surface area contributed by atoms with E-state index in [9.17, 15) is 5.11 Å². The molecule has 0 saturated heterocycles. The monoisotopic (exact) mass is 379 g/mol. The molecule has 154 valence electrons. The van der Waals surface area contributed by atoms with Crippen LogP contribution in [0.5, 0.6) is 11.5 Å². The second-order valence-electron chi connectivity index (χ2n) is 6.80. The highest BCUT2D eigenvalue weighted by molar-refractivity contribution is 5.79. The minimum atomic E-state index is 0.0653. The second kappa shape index (κ2) is 12.4. The first-order valence-electron chi connectivity index (χ1n) is 9.91. The summed E-state index contributed by atoms with van der Waals surface area (Å²) in [6.07, 6.45) is 2.81. The maximum absolute atomic E-state index is 9.40. The van der Waals surface area contributed by atoms with E-state index in [2.05, 4.69) is 31.0 Å². The number of aliphatic imine (C=N–C) groups is 1. The van der Waals surface area contributed by atoms with Crippen LogP contribution in [0.15, 0.2) is 29.3 Å². The SMILES string of the molecule is CCNC(=NCC(CC)(CC)CCO)N(C)CCOc1ccc(OC)cc1. The molecule has 27 heavy (non-hydrogen) atoms. The van der Waals surface area contributed by atoms with Gasteiger partial charge in [0.05, 0.1) is 13.7 Å². The number of hydrogen-bond donors (Lipinski definition) is 2. The Labute approximate surface area is 164 Å². The van der Waals surface area contributed by atoms with Crippen molar-refractivity contribution in [3.8, 4) is 11.5 Å². The van der Waals surface area contributed by atoms with Crippen molar-refractivity contribution in [1.29, 1.82) is 0 Å². The first-order chi connectivity index (χ1) is 13.0. The third kappa shape index (κ3) is 7.67. The highest BCUT2D eigenvalue weighted by Crippen LogP contribution is 2.30. The minimum absolute atomic E-state index is 0.0653. The van der Waals surface area contributed by atoms with E-state index in [1.807, 2.05) is 31.3 Å². The maximum atomic E-state index is 9.40. The van der Waals surface area contributed by atoms with E-state index >= 15 is 0 Å². The smallest absolute Gasteiger partial charge is 0.193 e. The van der Waals surface area contributed by atoms with E-state index < -0.39 is 0 Å². The number of aliphatic hydroxyl groups excluding tert-OH is 1. The molecule has 0 radical (unpaired) electrons. The summed E-state index contributed by atoms with van der Waals surface area (Å²) in [5.41, 5.74) is 0.0653. The molecule has 0 spiro atoms. The van der Waals surface area contributed by atoms with Crippen LogP contribution in [0.4, 0.5) is 0 Å². The van der Waals surface area contributed by atoms with E-state index in [-0.39, 0.29) is 12.0 Å². The van der Waals surface area contributed by atoms with Crippen LogP contribution in [0.25, 0.3) is 0 Å². The summed E-state index contributed by atoms with van der Waals surface area (Å²) in [5.74, 6) is 2.52. The van der Waals surface area contributed by atoms with Crippen LogP contribution in [0, 0.1) is 5.41 Å². The van der Waals surface area contributed by atoms with Gasteiger partial charge in [0, 0.05) is 26.7 Å². The lowest BCUT2D eigenvalue weighted by molar-refractivity contribution is 0.175. The molecule has 1 rings (SSSR count). The van der Waals surface area contributed by atoms with Gasteiger partial charge < -0.3 is 24.8 Å². The van der Waals surface area contributed by atoms with E-state index in [4.69, 9.17) is 14.5 Å². The highest BCUT2D eigenvalue weighted by atomic mass is 16.5. The predicted molar refractivity (Wildman–Crippen MR) is 112 cm³/mol. The largest absolute Gasteiger partial charge is 0.497 e. The molecular formula is C21H37N3O3. The van der Waals surface area contributed by atoms with Gasteiger partial charge in [-0.2, -0.15) is 0 Å². The van der Waals surface area contributed by atoms with Crippen molar-refractivity contribution in [3.63, 3.8) is 0 Å². The van der Waals surface area contributed by atoms with Gasteiger partial charge in [0.15, 0.2) is 5.96 Å². The van der Waals surface area contributed by atoms with Crippen LogP contribution in [-0.4, -0.2) is 63.0 Å². The van der Waals surface area contributed by atoms with Crippen LogP contribution in [0.3, 0.4) is 0 Å². The zero-order chi connectivity index (χ0) is 20.1. The Morgan fingerprint density at radius 3 is 2.30 bits per heavy atom. The Balaban J connectivity index is 2.63. The molecule has 1 aromatic rings. The fourth-order valence-corrected chi connectivity index (χ4v) is 2.93. The number of nitrogens with one attached hydrogen (secondary N) is 1. The van der Waals surface area contributed by atoms with Crippen molar-refractivity contribution >= 4 is 5.96 Å². The predicted octanol–water partition coefficient (Wildman–Crippen LogP) is 3.16. The van der Waals surface area contributed by atoms with E-state index in [0.717, 1.165) is 49.8 Å². The summed E-state index contributed by atoms with van der Waals surface area (Å²) < 4.78 is 11.0. The summed E-state index contributed by atoms with van der Waals surface area (Å²) in [4.78, 5) is 6.93. The topological polar surface area (TPSA) is 66.3 Å². The van der Waals surface area contributed by atoms with Gasteiger partial charge in [-0.3, -0.25) is 4.99 Å². The Kier molecular flexibility index (Phi) is 10.6. The van der Waals surface area contributed by atoms with Gasteiger partial charge in [0.25, 0.3) is 0 Å². The lowest BCUT2D eigenvalue weighted by Crippen LogP contribution is -2.41. The zero-order valence-electron chi connectivity index (χ0n) is 17.6. The van der Waals surface area contributed by atoms with Crippen molar-refractivity contribution in [3.05, 3.63) is 24.3 Å². The number of rotatable bonds is 12. The fourth-order valence-electron chi connectivity index (χ4n) is 2.93. The zero-order valence-corrected chi connectivity index (χ0v) is 17.6. The molecule has 0 aliphatic rings. The van der Waals surface area contributed by atoms with Crippen LogP contribution in [-0.2, 0) is 0 Å². The minimum Gasteiger partial charge on any atom is -0.497 e. The Morgan fingerprint density at radius 1 is 1.15 bits per heavy atom. The molecule has 0 aromatic heterocycles. The summed E-state index contributed by atoms with van der Waals surface area (Å²) in [6.45, 7) is 9.44. The summed E-state index contributed by atoms with van der Waals surface area (Å²) >= 11 is 0. The standard InChI is InChI=1S/C21H37N3O3/c1-6-21(7-2,13-15-25)17-23-20(22-8-3)24(4)14-16-27-19-11-9-18(26-5)10-12-19/h9-12,25H,6-8,13-17H2,1-5H3,(H,22,23). The number of methoxy groups -OCH3 is 1. The summed E-state index contributed by atoms with van der Waals surface area (Å²) in [5, 5.41) is 12.8. The highest BCUT2D eigenvalue weighted by Gasteiger charge is 2.25. The van der Waals surface area contributed by atoms with Crippen molar-refractivity contribution in [2.45, 2.75) is 40.0 Å². The van der Waals surface area contributed by atoms with E-state index in [1.54, 1.807) is 7.11 Å². The number of hydrogen-bond acceptors (Lipinski definition) is 4. The first kappa shape index (κ1) is 23.1. The van der Waals surface area contributed by atoms with Crippen LogP contribution in [0.2, 0.25) is 0 Å². The van der Waals surface area contributed by atoms with Crippen molar-refractivity contribution in [2.24, 2.45) is 10.4 Å². The average molecular weight is 380 g/mol. The number of likely N-dealkylation sites (N-methyl/N-ethyl adjacent to an activating group) is 1. The lowest BCUT2D eigenvalue weighted by atomic mass is 9.79. The number of nitrogens with zero attached hydrogens (tertiary/aromatic N) is 2. The number of guanidine groups is 1. The van der Waals surface area contributed by atoms with Crippen LogP contribution in [0.1, 0.15) is 40.0 Å². The molecular weight excluding hydrogens is 342 g/mol. The maximum Gasteiger partial charge on any atom is 0.193 e. The van der Waals surface area contributed by atoms with Crippen LogP contribution < -0.4 is 14.8 Å². The van der Waals surface area contributed by atoms with Gasteiger partial charge in [0.1, 0.15) is 18.1 Å². The van der Waals surface area contributed by atoms with Gasteiger partial charge in [0.2, 0.25) is 0 Å². The molecule has 0 unspecified atom stereocenters. The third-order valence-corrected chi connectivity index (χ3v) is 5.16. The molecule has 0 atom stereocenters. The van der Waals surface area contributed by atoms with Gasteiger partial charge in [-0.1, -0.05) is 13.8 Å². The van der Waals surface area contributed by atoms with Crippen LogP contribution >= 0.6 is 0 Å². The molecule has 0 fully saturated rings. The van der Waals surface area contributed by atoms with E-state index in [1.165, 1.54) is 0 Å². The quantitative estimate of drug-likeness (QED) is 0.431. The number of ether oxygens (including phenoxy) is 2. The third-order valence-electron chi connectivity index (χ3n) is 5.16. The van der Waals surface area contributed by atoms with Crippen molar-refractivity contribution in [2.75, 3.05) is 47.0 Å². The Hall–Kier alpha value is -1.95. The Bertz CT molecular complexity index is 542. The van der Waals surface area contributed by atoms with Gasteiger partial charge in [-0.05, 0) is 55.9 Å². The van der Waals surface area contributed by atoms with Gasteiger partial charge >= 0.3 is 0 Å². The molecule has 1 aromatic carbocycles. The molecule has 0 heterocycles. The fraction of sp³-hybridized carbons (Fsp3) is 0.667. The molecule has 6 nitrogen and oxygen atoms in total. The number of benzene rings is 1. The molecule has 0 bridgehead atoms. The van der Waals surface area contributed by atoms with Gasteiger partial charge in [-0.25, -0.2) is 0 Å². The summed E-state index contributed by atoms with van der Waals surface area (Å²) in [6, 6.07) is 7.59. The van der Waals surface area contributed by atoms with Gasteiger partial charge in [-0.15, -0.1) is 0 Å². The average Bonchev–Trinajstić information content (AvgIpc) is 2.70. The summed E-state index contributed by atoms with van der Waals surface area (Å²) in [7, 11) is 3.67. The molecule has 0 aliphatic heterocycles.